The minimum absolute atomic E-state index is 0. The summed E-state index contributed by atoms with van der Waals surface area (Å²) >= 11 is 0. The molecule has 1 unspecified atom stereocenters. The van der Waals surface area contributed by atoms with E-state index in [2.05, 4.69) is 26.8 Å². The van der Waals surface area contributed by atoms with Crippen LogP contribution in [0.15, 0.2) is 24.3 Å². The van der Waals surface area contributed by atoms with Crippen molar-refractivity contribution < 1.29 is 28.4 Å². The molecule has 0 aliphatic carbocycles. The van der Waals surface area contributed by atoms with Crippen molar-refractivity contribution in [3.8, 4) is 0 Å². The average Bonchev–Trinajstić information content (AvgIpc) is 2.34. The fourth-order valence-corrected chi connectivity index (χ4v) is 2.05. The zero-order valence-electron chi connectivity index (χ0n) is 12.9. The Balaban J connectivity index is 0.00000324. The van der Waals surface area contributed by atoms with E-state index in [1.165, 1.54) is 0 Å². The van der Waals surface area contributed by atoms with Gasteiger partial charge in [0.05, 0.1) is 0 Å². The van der Waals surface area contributed by atoms with Crippen LogP contribution >= 0.6 is 0 Å². The van der Waals surface area contributed by atoms with E-state index < -0.39 is 0 Å². The van der Waals surface area contributed by atoms with Gasteiger partial charge in [-0.15, -0.1) is 30.3 Å². The van der Waals surface area contributed by atoms with Gasteiger partial charge in [0.15, 0.2) is 5.91 Å². The molecule has 0 heterocycles. The number of ether oxygens (including phenoxy) is 1. The van der Waals surface area contributed by atoms with Crippen molar-refractivity contribution >= 4 is 5.91 Å². The number of nitrogens with zero attached hydrogens (tertiary/aromatic N) is 1. The Morgan fingerprint density at radius 1 is 1.42 bits per heavy atom. The molecule has 0 aliphatic heterocycles. The summed E-state index contributed by atoms with van der Waals surface area (Å²) < 4.78 is 5.50. The van der Waals surface area contributed by atoms with Crippen LogP contribution in [0.4, 0.5) is 0 Å². The van der Waals surface area contributed by atoms with Crippen LogP contribution < -0.4 is 18.9 Å². The molecule has 0 saturated carbocycles. The SMILES string of the molecule is CCN(C(=O)c1[c-]cccc1)C(OC)C(C)(C)C.[Li+]. The normalized spacial score (nSPS) is 12.5. The van der Waals surface area contributed by atoms with Gasteiger partial charge in [-0.05, 0) is 6.92 Å². The van der Waals surface area contributed by atoms with E-state index >= 15 is 0 Å². The van der Waals surface area contributed by atoms with Crippen molar-refractivity contribution in [2.45, 2.75) is 33.9 Å². The Bertz CT molecular complexity index is 387. The maximum Gasteiger partial charge on any atom is 1.00 e. The molecule has 1 aromatic rings. The third-order valence-corrected chi connectivity index (χ3v) is 2.79. The zero-order valence-corrected chi connectivity index (χ0v) is 12.9. The van der Waals surface area contributed by atoms with Crippen LogP contribution in [-0.4, -0.2) is 30.7 Å². The summed E-state index contributed by atoms with van der Waals surface area (Å²) in [6.45, 7) is 8.75. The largest absolute Gasteiger partial charge is 1.00 e. The molecule has 0 radical (unpaired) electrons. The van der Waals surface area contributed by atoms with Crippen LogP contribution in [0.25, 0.3) is 0 Å². The standard InChI is InChI=1S/C15H22NO2.Li/c1-6-16(14(18-5)15(2,3)4)13(17)12-10-8-7-9-11-12;/h7-10,14H,6H2,1-5H3;/q-1;+1. The number of methoxy groups -OCH3 is 1. The van der Waals surface area contributed by atoms with Crippen LogP contribution in [0.1, 0.15) is 38.1 Å². The minimum Gasteiger partial charge on any atom is -0.362 e. The molecule has 0 spiro atoms. The molecule has 4 heteroatoms. The van der Waals surface area contributed by atoms with Crippen LogP contribution in [0.5, 0.6) is 0 Å². The first-order chi connectivity index (χ1) is 8.41. The van der Waals surface area contributed by atoms with Gasteiger partial charge in [0.25, 0.3) is 0 Å². The second kappa shape index (κ2) is 7.74. The van der Waals surface area contributed by atoms with E-state index in [0.29, 0.717) is 12.1 Å². The minimum atomic E-state index is -0.247. The Hall–Kier alpha value is -0.753. The first-order valence-electron chi connectivity index (χ1n) is 6.22. The second-order valence-corrected chi connectivity index (χ2v) is 5.32. The summed E-state index contributed by atoms with van der Waals surface area (Å²) in [5.74, 6) is -0.0418. The van der Waals surface area contributed by atoms with Gasteiger partial charge in [-0.25, -0.2) is 0 Å². The van der Waals surface area contributed by atoms with Crippen molar-refractivity contribution in [1.29, 1.82) is 0 Å². The number of benzene rings is 1. The molecule has 1 atom stereocenters. The van der Waals surface area contributed by atoms with Gasteiger partial charge in [0, 0.05) is 19.1 Å². The van der Waals surface area contributed by atoms with E-state index in [1.54, 1.807) is 24.1 Å². The van der Waals surface area contributed by atoms with E-state index in [4.69, 9.17) is 4.74 Å². The maximum atomic E-state index is 12.4. The Labute approximate surface area is 128 Å². The van der Waals surface area contributed by atoms with Gasteiger partial charge in [0.1, 0.15) is 6.23 Å². The molecule has 1 amide bonds. The topological polar surface area (TPSA) is 29.5 Å². The number of carbonyl (C=O) groups excluding carboxylic acids is 1. The predicted octanol–water partition coefficient (Wildman–Crippen LogP) is -0.0285. The molecule has 3 nitrogen and oxygen atoms in total. The fourth-order valence-electron chi connectivity index (χ4n) is 2.05. The Morgan fingerprint density at radius 2 is 2.05 bits per heavy atom. The van der Waals surface area contributed by atoms with Crippen molar-refractivity contribution in [3.05, 3.63) is 35.9 Å². The van der Waals surface area contributed by atoms with Gasteiger partial charge < -0.3 is 14.4 Å². The third-order valence-electron chi connectivity index (χ3n) is 2.79. The van der Waals surface area contributed by atoms with E-state index in [9.17, 15) is 4.79 Å². The van der Waals surface area contributed by atoms with Gasteiger partial charge in [0.2, 0.25) is 0 Å². The molecule has 0 aliphatic rings. The predicted molar refractivity (Wildman–Crippen MR) is 72.2 cm³/mol. The van der Waals surface area contributed by atoms with Crippen LogP contribution in [-0.2, 0) is 4.74 Å². The van der Waals surface area contributed by atoms with Gasteiger partial charge in [-0.2, -0.15) is 0 Å². The van der Waals surface area contributed by atoms with Crippen LogP contribution in [0.3, 0.4) is 0 Å². The number of hydrogen-bond donors (Lipinski definition) is 0. The summed E-state index contributed by atoms with van der Waals surface area (Å²) in [5.41, 5.74) is 0.445. The third kappa shape index (κ3) is 4.69. The molecular formula is C15H22LiNO2. The quantitative estimate of drug-likeness (QED) is 0.430. The first kappa shape index (κ1) is 18.2. The molecule has 1 rings (SSSR count). The monoisotopic (exact) mass is 255 g/mol. The molecule has 0 saturated heterocycles. The van der Waals surface area contributed by atoms with E-state index in [0.717, 1.165) is 0 Å². The van der Waals surface area contributed by atoms with E-state index in [-0.39, 0.29) is 36.4 Å². The van der Waals surface area contributed by atoms with Crippen molar-refractivity contribution in [2.24, 2.45) is 5.41 Å². The Morgan fingerprint density at radius 3 is 2.42 bits per heavy atom. The number of rotatable bonds is 4. The fraction of sp³-hybridized carbons (Fsp3) is 0.533. The summed E-state index contributed by atoms with van der Waals surface area (Å²) in [4.78, 5) is 14.2. The molecule has 0 fully saturated rings. The second-order valence-electron chi connectivity index (χ2n) is 5.32. The zero-order chi connectivity index (χ0) is 13.8. The molecule has 0 aromatic heterocycles. The number of hydrogen-bond acceptors (Lipinski definition) is 2. The van der Waals surface area contributed by atoms with Gasteiger partial charge in [-0.1, -0.05) is 26.3 Å². The molecule has 0 bridgehead atoms. The van der Waals surface area contributed by atoms with Gasteiger partial charge >= 0.3 is 18.9 Å². The summed E-state index contributed by atoms with van der Waals surface area (Å²) in [6.07, 6.45) is -0.247. The van der Waals surface area contributed by atoms with Crippen molar-refractivity contribution in [1.82, 2.24) is 4.90 Å². The van der Waals surface area contributed by atoms with Crippen molar-refractivity contribution in [3.63, 3.8) is 0 Å². The maximum absolute atomic E-state index is 12.4. The summed E-state index contributed by atoms with van der Waals surface area (Å²) in [6, 6.07) is 10.2. The Kier molecular flexibility index (Phi) is 7.44. The summed E-state index contributed by atoms with van der Waals surface area (Å²) in [7, 11) is 1.64. The van der Waals surface area contributed by atoms with Crippen molar-refractivity contribution in [2.75, 3.05) is 13.7 Å². The van der Waals surface area contributed by atoms with Crippen LogP contribution in [0.2, 0.25) is 0 Å². The first-order valence-corrected chi connectivity index (χ1v) is 6.22. The molecule has 100 valence electrons. The van der Waals surface area contributed by atoms with E-state index in [1.807, 2.05) is 19.1 Å². The number of amides is 1. The molecule has 19 heavy (non-hydrogen) atoms. The molecule has 0 N–H and O–H groups in total. The molecular weight excluding hydrogens is 233 g/mol. The molecule has 1 aromatic carbocycles. The number of carbonyl (C=O) groups is 1. The van der Waals surface area contributed by atoms with Gasteiger partial charge in [-0.3, -0.25) is 0 Å². The average molecular weight is 255 g/mol. The smallest absolute Gasteiger partial charge is 0.362 e. The van der Waals surface area contributed by atoms with Crippen LogP contribution in [0, 0.1) is 11.5 Å². The summed E-state index contributed by atoms with van der Waals surface area (Å²) in [5, 5.41) is 0.